The molecule has 1 aromatic rings. The second-order valence-corrected chi connectivity index (χ2v) is 2.41. The van der Waals surface area contributed by atoms with Crippen molar-refractivity contribution in [3.05, 3.63) is 30.1 Å². The monoisotopic (exact) mass is 152 g/mol. The van der Waals surface area contributed by atoms with Crippen molar-refractivity contribution in [1.82, 2.24) is 4.98 Å². The molecule has 0 spiro atoms. The summed E-state index contributed by atoms with van der Waals surface area (Å²) in [7, 11) is 0. The van der Waals surface area contributed by atoms with Gasteiger partial charge in [0.15, 0.2) is 0 Å². The Bertz CT molecular complexity index is 201. The minimum atomic E-state index is -0.468. The van der Waals surface area contributed by atoms with Crippen molar-refractivity contribution in [2.75, 3.05) is 6.54 Å². The van der Waals surface area contributed by atoms with E-state index < -0.39 is 6.10 Å². The molecule has 0 aliphatic heterocycles. The highest BCUT2D eigenvalue weighted by Gasteiger charge is 2.01. The van der Waals surface area contributed by atoms with Crippen LogP contribution in [0.5, 0.6) is 0 Å². The van der Waals surface area contributed by atoms with Crippen LogP contribution in [0.15, 0.2) is 24.4 Å². The lowest BCUT2D eigenvalue weighted by molar-refractivity contribution is 0.182. The van der Waals surface area contributed by atoms with Crippen molar-refractivity contribution in [2.45, 2.75) is 12.5 Å². The quantitative estimate of drug-likeness (QED) is 0.638. The van der Waals surface area contributed by atoms with Crippen molar-refractivity contribution in [2.24, 2.45) is 5.73 Å². The Hall–Kier alpha value is -0.930. The molecule has 1 atom stereocenters. The molecular formula is C8H12N2O. The van der Waals surface area contributed by atoms with Gasteiger partial charge < -0.3 is 10.8 Å². The number of rotatable bonds is 3. The van der Waals surface area contributed by atoms with Gasteiger partial charge in [0.1, 0.15) is 0 Å². The van der Waals surface area contributed by atoms with Crippen LogP contribution in [0.1, 0.15) is 5.69 Å². The van der Waals surface area contributed by atoms with Gasteiger partial charge in [-0.3, -0.25) is 4.98 Å². The van der Waals surface area contributed by atoms with Crippen molar-refractivity contribution < 1.29 is 5.11 Å². The molecule has 1 rings (SSSR count). The summed E-state index contributed by atoms with van der Waals surface area (Å²) in [4.78, 5) is 4.05. The molecule has 0 aromatic carbocycles. The average Bonchev–Trinajstić information content (AvgIpc) is 2.06. The van der Waals surface area contributed by atoms with E-state index >= 15 is 0 Å². The van der Waals surface area contributed by atoms with Crippen LogP contribution in [0.4, 0.5) is 0 Å². The Morgan fingerprint density at radius 3 is 2.91 bits per heavy atom. The topological polar surface area (TPSA) is 59.1 Å². The number of nitrogens with two attached hydrogens (primary N) is 1. The molecule has 0 fully saturated rings. The number of aliphatic hydroxyl groups is 1. The Morgan fingerprint density at radius 1 is 1.55 bits per heavy atom. The van der Waals surface area contributed by atoms with E-state index in [0.29, 0.717) is 6.42 Å². The Balaban J connectivity index is 2.51. The Kier molecular flexibility index (Phi) is 3.01. The fourth-order valence-corrected chi connectivity index (χ4v) is 0.844. The van der Waals surface area contributed by atoms with E-state index in [2.05, 4.69) is 4.98 Å². The fourth-order valence-electron chi connectivity index (χ4n) is 0.844. The van der Waals surface area contributed by atoms with Gasteiger partial charge in [-0.2, -0.15) is 0 Å². The highest BCUT2D eigenvalue weighted by molar-refractivity contribution is 5.04. The van der Waals surface area contributed by atoms with Gasteiger partial charge in [-0.05, 0) is 12.1 Å². The minimum absolute atomic E-state index is 0.288. The SMILES string of the molecule is NC[C@@H](O)Cc1ccccn1. The van der Waals surface area contributed by atoms with Gasteiger partial charge in [-0.1, -0.05) is 6.07 Å². The van der Waals surface area contributed by atoms with Gasteiger partial charge in [0.2, 0.25) is 0 Å². The molecule has 0 radical (unpaired) electrons. The highest BCUT2D eigenvalue weighted by atomic mass is 16.3. The average molecular weight is 152 g/mol. The number of aromatic nitrogens is 1. The molecule has 11 heavy (non-hydrogen) atoms. The first-order chi connectivity index (χ1) is 5.33. The van der Waals surface area contributed by atoms with Crippen LogP contribution in [0.3, 0.4) is 0 Å². The van der Waals surface area contributed by atoms with Crippen molar-refractivity contribution in [1.29, 1.82) is 0 Å². The molecule has 3 heteroatoms. The van der Waals surface area contributed by atoms with E-state index in [9.17, 15) is 0 Å². The summed E-state index contributed by atoms with van der Waals surface area (Å²) in [5, 5.41) is 9.15. The largest absolute Gasteiger partial charge is 0.391 e. The Morgan fingerprint density at radius 2 is 2.36 bits per heavy atom. The van der Waals surface area contributed by atoms with Crippen molar-refractivity contribution in [3.63, 3.8) is 0 Å². The molecule has 0 unspecified atom stereocenters. The zero-order chi connectivity index (χ0) is 8.10. The lowest BCUT2D eigenvalue weighted by Crippen LogP contribution is -2.22. The highest BCUT2D eigenvalue weighted by Crippen LogP contribution is 1.97. The normalized spacial score (nSPS) is 12.9. The van der Waals surface area contributed by atoms with Crippen LogP contribution < -0.4 is 5.73 Å². The molecule has 60 valence electrons. The summed E-state index contributed by atoms with van der Waals surface area (Å²) in [5.74, 6) is 0. The first-order valence-electron chi connectivity index (χ1n) is 3.61. The number of pyridine rings is 1. The molecule has 3 nitrogen and oxygen atoms in total. The smallest absolute Gasteiger partial charge is 0.0717 e. The van der Waals surface area contributed by atoms with Gasteiger partial charge >= 0.3 is 0 Å². The first kappa shape index (κ1) is 8.17. The maximum atomic E-state index is 9.15. The number of aliphatic hydroxyl groups excluding tert-OH is 1. The van der Waals surface area contributed by atoms with Crippen LogP contribution >= 0.6 is 0 Å². The molecule has 0 saturated heterocycles. The zero-order valence-electron chi connectivity index (χ0n) is 6.27. The predicted octanol–water partition coefficient (Wildman–Crippen LogP) is -0.0563. The third-order valence-corrected chi connectivity index (χ3v) is 1.44. The minimum Gasteiger partial charge on any atom is -0.391 e. The summed E-state index contributed by atoms with van der Waals surface area (Å²) < 4.78 is 0. The summed E-state index contributed by atoms with van der Waals surface area (Å²) >= 11 is 0. The number of nitrogens with zero attached hydrogens (tertiary/aromatic N) is 1. The van der Waals surface area contributed by atoms with E-state index in [-0.39, 0.29) is 6.54 Å². The molecule has 0 aliphatic rings. The van der Waals surface area contributed by atoms with Gasteiger partial charge in [0.05, 0.1) is 6.10 Å². The lowest BCUT2D eigenvalue weighted by atomic mass is 10.2. The molecule has 0 bridgehead atoms. The van der Waals surface area contributed by atoms with Crippen LogP contribution in [0.25, 0.3) is 0 Å². The van der Waals surface area contributed by atoms with E-state index in [1.165, 1.54) is 0 Å². The molecule has 1 aromatic heterocycles. The molecular weight excluding hydrogens is 140 g/mol. The van der Waals surface area contributed by atoms with Gasteiger partial charge in [-0.15, -0.1) is 0 Å². The maximum Gasteiger partial charge on any atom is 0.0717 e. The van der Waals surface area contributed by atoms with Gasteiger partial charge in [0, 0.05) is 24.9 Å². The Labute approximate surface area is 65.9 Å². The zero-order valence-corrected chi connectivity index (χ0v) is 6.27. The van der Waals surface area contributed by atoms with Crippen LogP contribution in [0.2, 0.25) is 0 Å². The summed E-state index contributed by atoms with van der Waals surface area (Å²) in [6, 6.07) is 5.61. The van der Waals surface area contributed by atoms with E-state index in [1.54, 1.807) is 6.20 Å². The van der Waals surface area contributed by atoms with Crippen LogP contribution in [-0.4, -0.2) is 22.7 Å². The van der Waals surface area contributed by atoms with Crippen LogP contribution in [-0.2, 0) is 6.42 Å². The lowest BCUT2D eigenvalue weighted by Gasteiger charge is -2.05. The van der Waals surface area contributed by atoms with E-state index in [4.69, 9.17) is 10.8 Å². The second-order valence-electron chi connectivity index (χ2n) is 2.41. The van der Waals surface area contributed by atoms with Gasteiger partial charge in [0.25, 0.3) is 0 Å². The summed E-state index contributed by atoms with van der Waals surface area (Å²) in [6.07, 6.45) is 1.78. The van der Waals surface area contributed by atoms with Crippen molar-refractivity contribution >= 4 is 0 Å². The van der Waals surface area contributed by atoms with Crippen LogP contribution in [0, 0.1) is 0 Å². The summed E-state index contributed by atoms with van der Waals surface area (Å²) in [6.45, 7) is 0.288. The summed E-state index contributed by atoms with van der Waals surface area (Å²) in [5.41, 5.74) is 6.12. The fraction of sp³-hybridized carbons (Fsp3) is 0.375. The molecule has 0 amide bonds. The molecule has 3 N–H and O–H groups in total. The number of hydrogen-bond acceptors (Lipinski definition) is 3. The predicted molar refractivity (Wildman–Crippen MR) is 43.0 cm³/mol. The van der Waals surface area contributed by atoms with E-state index in [0.717, 1.165) is 5.69 Å². The number of hydrogen-bond donors (Lipinski definition) is 2. The third kappa shape index (κ3) is 2.65. The molecule has 1 heterocycles. The van der Waals surface area contributed by atoms with Gasteiger partial charge in [-0.25, -0.2) is 0 Å². The standard InChI is InChI=1S/C8H12N2O/c9-6-8(11)5-7-3-1-2-4-10-7/h1-4,8,11H,5-6,9H2/t8-/m0/s1. The first-order valence-corrected chi connectivity index (χ1v) is 3.61. The second kappa shape index (κ2) is 4.05. The molecule has 0 aliphatic carbocycles. The van der Waals surface area contributed by atoms with E-state index in [1.807, 2.05) is 18.2 Å². The maximum absolute atomic E-state index is 9.15. The third-order valence-electron chi connectivity index (χ3n) is 1.44. The molecule has 0 saturated carbocycles. The van der Waals surface area contributed by atoms with Crippen molar-refractivity contribution in [3.8, 4) is 0 Å².